The number of carbonyl (C=O) groups excluding carboxylic acids is 1. The summed E-state index contributed by atoms with van der Waals surface area (Å²) in [6.45, 7) is 2.10. The molecule has 1 aromatic rings. The summed E-state index contributed by atoms with van der Waals surface area (Å²) in [7, 11) is 3.98. The Hall–Kier alpha value is -1.97. The van der Waals surface area contributed by atoms with Gasteiger partial charge in [-0.1, -0.05) is 18.4 Å². The highest BCUT2D eigenvalue weighted by Crippen LogP contribution is 2.30. The van der Waals surface area contributed by atoms with Crippen LogP contribution in [0.1, 0.15) is 32.6 Å². The fourth-order valence-electron chi connectivity index (χ4n) is 2.69. The van der Waals surface area contributed by atoms with E-state index in [1.165, 1.54) is 31.3 Å². The van der Waals surface area contributed by atoms with Gasteiger partial charge in [-0.05, 0) is 49.9 Å². The Balaban J connectivity index is 1.85. The predicted octanol–water partition coefficient (Wildman–Crippen LogP) is 3.97. The molecule has 4 nitrogen and oxygen atoms in total. The summed E-state index contributed by atoms with van der Waals surface area (Å²) in [6.07, 6.45) is 6.95. The molecule has 0 aliphatic heterocycles. The molecule has 0 radical (unpaired) electrons. The Morgan fingerprint density at radius 2 is 1.81 bits per heavy atom. The first kappa shape index (κ1) is 15.4. The molecule has 0 saturated heterocycles. The van der Waals surface area contributed by atoms with E-state index in [1.54, 1.807) is 0 Å². The molecular formula is C17H25N3O. The van der Waals surface area contributed by atoms with Crippen LogP contribution < -0.4 is 15.5 Å². The van der Waals surface area contributed by atoms with Gasteiger partial charge in [0, 0.05) is 31.7 Å². The van der Waals surface area contributed by atoms with Crippen LogP contribution >= 0.6 is 0 Å². The van der Waals surface area contributed by atoms with Gasteiger partial charge in [0.15, 0.2) is 0 Å². The van der Waals surface area contributed by atoms with E-state index in [9.17, 15) is 4.79 Å². The van der Waals surface area contributed by atoms with Crippen LogP contribution in [-0.4, -0.2) is 20.1 Å². The smallest absolute Gasteiger partial charge is 0.323 e. The topological polar surface area (TPSA) is 44.4 Å². The van der Waals surface area contributed by atoms with Gasteiger partial charge in [0.05, 0.1) is 0 Å². The average Bonchev–Trinajstić information content (AvgIpc) is 2.99. The van der Waals surface area contributed by atoms with E-state index in [0.29, 0.717) is 5.92 Å². The molecule has 0 atom stereocenters. The Kier molecular flexibility index (Phi) is 5.26. The van der Waals surface area contributed by atoms with Crippen LogP contribution in [0, 0.1) is 5.92 Å². The summed E-state index contributed by atoms with van der Waals surface area (Å²) in [6, 6.07) is 7.58. The predicted molar refractivity (Wildman–Crippen MR) is 88.6 cm³/mol. The summed E-state index contributed by atoms with van der Waals surface area (Å²) in [5.41, 5.74) is 3.17. The van der Waals surface area contributed by atoms with Crippen molar-refractivity contribution < 1.29 is 4.79 Å². The zero-order valence-corrected chi connectivity index (χ0v) is 13.1. The van der Waals surface area contributed by atoms with Gasteiger partial charge in [-0.2, -0.15) is 0 Å². The second-order valence-corrected chi connectivity index (χ2v) is 5.91. The number of hydrogen-bond donors (Lipinski definition) is 2. The second kappa shape index (κ2) is 7.16. The number of amides is 2. The van der Waals surface area contributed by atoms with Crippen molar-refractivity contribution in [2.75, 3.05) is 24.3 Å². The van der Waals surface area contributed by atoms with Crippen molar-refractivity contribution in [2.24, 2.45) is 5.92 Å². The molecule has 21 heavy (non-hydrogen) atoms. The number of anilines is 2. The quantitative estimate of drug-likeness (QED) is 0.880. The summed E-state index contributed by atoms with van der Waals surface area (Å²) in [5.74, 6) is 0.643. The van der Waals surface area contributed by atoms with Crippen molar-refractivity contribution >= 4 is 17.4 Å². The number of nitrogens with zero attached hydrogens (tertiary/aromatic N) is 1. The molecule has 2 rings (SSSR count). The number of carbonyl (C=O) groups is 1. The SMILES string of the molecule is C/C(=C\NC(=O)Nc1ccc(N(C)C)cc1)C1CCCC1. The van der Waals surface area contributed by atoms with Gasteiger partial charge in [0.25, 0.3) is 0 Å². The third-order valence-corrected chi connectivity index (χ3v) is 4.07. The molecule has 2 amide bonds. The number of allylic oxidation sites excluding steroid dienone is 1. The molecule has 0 heterocycles. The molecule has 2 N–H and O–H groups in total. The fraction of sp³-hybridized carbons (Fsp3) is 0.471. The van der Waals surface area contributed by atoms with Crippen molar-refractivity contribution in [3.05, 3.63) is 36.0 Å². The van der Waals surface area contributed by atoms with Crippen LogP contribution in [0.25, 0.3) is 0 Å². The molecule has 0 spiro atoms. The molecule has 0 aromatic heterocycles. The minimum absolute atomic E-state index is 0.190. The largest absolute Gasteiger partial charge is 0.378 e. The number of hydrogen-bond acceptors (Lipinski definition) is 2. The number of urea groups is 1. The van der Waals surface area contributed by atoms with Gasteiger partial charge in [-0.3, -0.25) is 0 Å². The molecular weight excluding hydrogens is 262 g/mol. The number of nitrogens with one attached hydrogen (secondary N) is 2. The van der Waals surface area contributed by atoms with Gasteiger partial charge in [-0.15, -0.1) is 0 Å². The lowest BCUT2D eigenvalue weighted by atomic mass is 10.0. The maximum atomic E-state index is 11.9. The second-order valence-electron chi connectivity index (χ2n) is 5.91. The van der Waals surface area contributed by atoms with Gasteiger partial charge in [0.2, 0.25) is 0 Å². The van der Waals surface area contributed by atoms with Gasteiger partial charge < -0.3 is 15.5 Å². The molecule has 1 aromatic carbocycles. The van der Waals surface area contributed by atoms with Crippen LogP contribution in [0.2, 0.25) is 0 Å². The van der Waals surface area contributed by atoms with E-state index in [1.807, 2.05) is 49.5 Å². The molecule has 114 valence electrons. The van der Waals surface area contributed by atoms with Gasteiger partial charge >= 0.3 is 6.03 Å². The Morgan fingerprint density at radius 3 is 2.38 bits per heavy atom. The van der Waals surface area contributed by atoms with Crippen LogP contribution in [0.15, 0.2) is 36.0 Å². The molecule has 1 aliphatic rings. The van der Waals surface area contributed by atoms with Gasteiger partial charge in [-0.25, -0.2) is 4.79 Å². The van der Waals surface area contributed by atoms with Crippen LogP contribution in [0.4, 0.5) is 16.2 Å². The molecule has 0 unspecified atom stereocenters. The van der Waals surface area contributed by atoms with E-state index >= 15 is 0 Å². The Labute approximate surface area is 127 Å². The first-order chi connectivity index (χ1) is 10.1. The van der Waals surface area contributed by atoms with Crippen molar-refractivity contribution in [3.63, 3.8) is 0 Å². The summed E-state index contributed by atoms with van der Waals surface area (Å²) in [4.78, 5) is 13.9. The summed E-state index contributed by atoms with van der Waals surface area (Å²) >= 11 is 0. The summed E-state index contributed by atoms with van der Waals surface area (Å²) < 4.78 is 0. The van der Waals surface area contributed by atoms with E-state index in [-0.39, 0.29) is 6.03 Å². The fourth-order valence-corrected chi connectivity index (χ4v) is 2.69. The number of rotatable bonds is 4. The highest BCUT2D eigenvalue weighted by molar-refractivity contribution is 5.90. The normalized spacial score (nSPS) is 15.9. The maximum Gasteiger partial charge on any atom is 0.323 e. The Bertz CT molecular complexity index is 499. The molecule has 4 heteroatoms. The lowest BCUT2D eigenvalue weighted by molar-refractivity contribution is 0.255. The molecule has 1 saturated carbocycles. The van der Waals surface area contributed by atoms with Crippen LogP contribution in [0.3, 0.4) is 0 Å². The highest BCUT2D eigenvalue weighted by atomic mass is 16.2. The Morgan fingerprint density at radius 1 is 1.19 bits per heavy atom. The van der Waals surface area contributed by atoms with E-state index < -0.39 is 0 Å². The highest BCUT2D eigenvalue weighted by Gasteiger charge is 2.16. The van der Waals surface area contributed by atoms with Crippen molar-refractivity contribution in [2.45, 2.75) is 32.6 Å². The first-order valence-electron chi connectivity index (χ1n) is 7.58. The number of benzene rings is 1. The lowest BCUT2D eigenvalue weighted by Crippen LogP contribution is -2.24. The molecule has 0 bridgehead atoms. The van der Waals surface area contributed by atoms with Crippen molar-refractivity contribution in [3.8, 4) is 0 Å². The van der Waals surface area contributed by atoms with Gasteiger partial charge in [0.1, 0.15) is 0 Å². The maximum absolute atomic E-state index is 11.9. The van der Waals surface area contributed by atoms with Crippen LogP contribution in [0.5, 0.6) is 0 Å². The van der Waals surface area contributed by atoms with E-state index in [4.69, 9.17) is 0 Å². The average molecular weight is 287 g/mol. The van der Waals surface area contributed by atoms with Crippen molar-refractivity contribution in [1.82, 2.24) is 5.32 Å². The standard InChI is InChI=1S/C17H25N3O/c1-13(14-6-4-5-7-14)12-18-17(21)19-15-8-10-16(11-9-15)20(2)3/h8-12,14H,4-7H2,1-3H3,(H2,18,19,21)/b13-12+. The van der Waals surface area contributed by atoms with Crippen molar-refractivity contribution in [1.29, 1.82) is 0 Å². The molecule has 1 aliphatic carbocycles. The lowest BCUT2D eigenvalue weighted by Gasteiger charge is -2.13. The zero-order chi connectivity index (χ0) is 15.2. The van der Waals surface area contributed by atoms with E-state index in [0.717, 1.165) is 11.4 Å². The third kappa shape index (κ3) is 4.52. The zero-order valence-electron chi connectivity index (χ0n) is 13.1. The monoisotopic (exact) mass is 287 g/mol. The molecule has 1 fully saturated rings. The first-order valence-corrected chi connectivity index (χ1v) is 7.58. The summed E-state index contributed by atoms with van der Waals surface area (Å²) in [5, 5.41) is 5.66. The van der Waals surface area contributed by atoms with E-state index in [2.05, 4.69) is 17.6 Å². The third-order valence-electron chi connectivity index (χ3n) is 4.07. The minimum atomic E-state index is -0.190. The van der Waals surface area contributed by atoms with Crippen LogP contribution in [-0.2, 0) is 0 Å². The minimum Gasteiger partial charge on any atom is -0.378 e.